The minimum absolute atomic E-state index is 0.489. The van der Waals surface area contributed by atoms with E-state index in [2.05, 4.69) is 119 Å². The van der Waals surface area contributed by atoms with E-state index in [1.165, 1.54) is 37.6 Å². The molecule has 3 aliphatic rings. The first-order chi connectivity index (χ1) is 17.8. The lowest BCUT2D eigenvalue weighted by atomic mass is 9.65. The lowest BCUT2D eigenvalue weighted by Gasteiger charge is -2.39. The number of rotatable bonds is 1. The minimum atomic E-state index is -0.617. The fourth-order valence-electron chi connectivity index (χ4n) is 6.18. The molecule has 3 nitrogen and oxygen atoms in total. The van der Waals surface area contributed by atoms with Crippen molar-refractivity contribution in [2.75, 3.05) is 0 Å². The number of fused-ring (bicyclic) bond motifs is 9. The average Bonchev–Trinajstić information content (AvgIpc) is 3.30. The van der Waals surface area contributed by atoms with Crippen LogP contribution in [0.15, 0.2) is 94.7 Å². The molecule has 0 atom stereocenters. The van der Waals surface area contributed by atoms with E-state index >= 15 is 0 Å². The third kappa shape index (κ3) is 2.92. The van der Waals surface area contributed by atoms with Crippen molar-refractivity contribution in [3.63, 3.8) is 0 Å². The van der Waals surface area contributed by atoms with Gasteiger partial charge in [0.05, 0.1) is 28.2 Å². The predicted molar refractivity (Wildman–Crippen MR) is 148 cm³/mol. The molecular formula is C32H26BNO2S. The van der Waals surface area contributed by atoms with Crippen LogP contribution < -0.4 is 5.46 Å². The summed E-state index contributed by atoms with van der Waals surface area (Å²) in [6.45, 7) is 8.20. The Bertz CT molecular complexity index is 1590. The lowest BCUT2D eigenvalue weighted by molar-refractivity contribution is 0.00578. The average molecular weight is 499 g/mol. The Balaban J connectivity index is 1.58. The van der Waals surface area contributed by atoms with Crippen molar-refractivity contribution < 1.29 is 9.31 Å². The van der Waals surface area contributed by atoms with Crippen molar-refractivity contribution >= 4 is 24.3 Å². The van der Waals surface area contributed by atoms with Gasteiger partial charge in [-0.25, -0.2) is 0 Å². The summed E-state index contributed by atoms with van der Waals surface area (Å²) in [7, 11) is -0.617. The fourth-order valence-corrected chi connectivity index (χ4v) is 7.37. The molecule has 180 valence electrons. The Labute approximate surface area is 222 Å². The highest BCUT2D eigenvalue weighted by Crippen LogP contribution is 2.62. The number of benzene rings is 4. The highest BCUT2D eigenvalue weighted by atomic mass is 32.2. The number of hydrogen-bond donors (Lipinski definition) is 0. The van der Waals surface area contributed by atoms with Gasteiger partial charge in [-0.1, -0.05) is 78.5 Å². The molecule has 1 saturated heterocycles. The van der Waals surface area contributed by atoms with E-state index in [0.717, 1.165) is 11.0 Å². The number of nitrogens with zero attached hydrogens (tertiary/aromatic N) is 1. The van der Waals surface area contributed by atoms with Crippen LogP contribution >= 0.6 is 11.8 Å². The van der Waals surface area contributed by atoms with Crippen molar-refractivity contribution in [1.82, 2.24) is 0 Å². The molecule has 1 spiro atoms. The molecule has 0 saturated carbocycles. The van der Waals surface area contributed by atoms with E-state index in [0.29, 0.717) is 5.56 Å². The molecule has 2 heterocycles. The summed E-state index contributed by atoms with van der Waals surface area (Å²) >= 11 is 1.83. The highest BCUT2D eigenvalue weighted by molar-refractivity contribution is 7.99. The summed E-state index contributed by atoms with van der Waals surface area (Å²) in [6.07, 6.45) is 0. The molecule has 7 rings (SSSR count). The Morgan fingerprint density at radius 1 is 0.676 bits per heavy atom. The van der Waals surface area contributed by atoms with Crippen LogP contribution in [-0.2, 0) is 14.7 Å². The van der Waals surface area contributed by atoms with E-state index in [4.69, 9.17) is 9.31 Å². The molecule has 0 N–H and O–H groups in total. The van der Waals surface area contributed by atoms with Crippen LogP contribution in [0.4, 0.5) is 0 Å². The van der Waals surface area contributed by atoms with Gasteiger partial charge in [0.15, 0.2) is 0 Å². The lowest BCUT2D eigenvalue weighted by Crippen LogP contribution is -2.41. The van der Waals surface area contributed by atoms with E-state index in [1.807, 2.05) is 11.8 Å². The summed E-state index contributed by atoms with van der Waals surface area (Å²) in [6, 6.07) is 32.8. The molecule has 5 heteroatoms. The van der Waals surface area contributed by atoms with Gasteiger partial charge >= 0.3 is 7.12 Å². The standard InChI is InChI=1S/C32H26BNO2S/c1-30(2)31(3,4)36-33(35-30)27-18-26-22(17-20(27)19-34)21-11-5-6-12-23(21)32(26)24-13-7-9-15-28(24)37-29-16-10-8-14-25(29)32/h5-18H,1-4H3. The van der Waals surface area contributed by atoms with Crippen LogP contribution in [-0.4, -0.2) is 18.3 Å². The Morgan fingerprint density at radius 3 is 1.81 bits per heavy atom. The summed E-state index contributed by atoms with van der Waals surface area (Å²) < 4.78 is 12.9. The van der Waals surface area contributed by atoms with Gasteiger partial charge in [0.1, 0.15) is 0 Å². The Hall–Kier alpha value is -3.30. The number of hydrogen-bond acceptors (Lipinski definition) is 4. The monoisotopic (exact) mass is 499 g/mol. The SMILES string of the molecule is CC1(C)OB(c2cc3c(cc2C#N)-c2ccccc2C32c3ccccc3Sc3ccccc32)OC1(C)C. The van der Waals surface area contributed by atoms with E-state index in [1.54, 1.807) is 0 Å². The van der Waals surface area contributed by atoms with E-state index in [-0.39, 0.29) is 0 Å². The van der Waals surface area contributed by atoms with Crippen LogP contribution in [0.3, 0.4) is 0 Å². The van der Waals surface area contributed by atoms with Gasteiger partial charge in [-0.15, -0.1) is 0 Å². The number of nitriles is 1. The maximum absolute atomic E-state index is 10.3. The van der Waals surface area contributed by atoms with E-state index < -0.39 is 23.7 Å². The first-order valence-electron chi connectivity index (χ1n) is 12.7. The molecule has 4 aromatic carbocycles. The fraction of sp³-hybridized carbons (Fsp3) is 0.219. The molecule has 0 unspecified atom stereocenters. The minimum Gasteiger partial charge on any atom is -0.399 e. The first-order valence-corrected chi connectivity index (χ1v) is 13.5. The van der Waals surface area contributed by atoms with Crippen molar-refractivity contribution in [2.45, 2.75) is 54.1 Å². The predicted octanol–water partition coefficient (Wildman–Crippen LogP) is 6.69. The largest absolute Gasteiger partial charge is 0.496 e. The molecule has 37 heavy (non-hydrogen) atoms. The zero-order valence-corrected chi connectivity index (χ0v) is 22.1. The molecule has 1 fully saturated rings. The second-order valence-corrected chi connectivity index (χ2v) is 12.2. The maximum Gasteiger partial charge on any atom is 0.496 e. The van der Waals surface area contributed by atoms with Crippen LogP contribution in [0.25, 0.3) is 11.1 Å². The van der Waals surface area contributed by atoms with Gasteiger partial charge in [-0.05, 0) is 79.3 Å². The molecule has 0 bridgehead atoms. The molecule has 2 aliphatic heterocycles. The summed E-state index contributed by atoms with van der Waals surface area (Å²) in [4.78, 5) is 2.51. The van der Waals surface area contributed by atoms with Gasteiger partial charge < -0.3 is 9.31 Å². The quantitative estimate of drug-likeness (QED) is 0.237. The summed E-state index contributed by atoms with van der Waals surface area (Å²) in [5, 5.41) is 10.3. The molecule has 0 radical (unpaired) electrons. The van der Waals surface area contributed by atoms with Gasteiger partial charge in [0.2, 0.25) is 0 Å². The smallest absolute Gasteiger partial charge is 0.399 e. The summed E-state index contributed by atoms with van der Waals surface area (Å²) in [5.74, 6) is 0. The van der Waals surface area contributed by atoms with Crippen LogP contribution in [0.2, 0.25) is 0 Å². The maximum atomic E-state index is 10.3. The van der Waals surface area contributed by atoms with Gasteiger partial charge in [-0.2, -0.15) is 5.26 Å². The Morgan fingerprint density at radius 2 is 1.22 bits per heavy atom. The molecule has 0 aromatic heterocycles. The van der Waals surface area contributed by atoms with Crippen molar-refractivity contribution in [1.29, 1.82) is 5.26 Å². The van der Waals surface area contributed by atoms with Crippen molar-refractivity contribution in [3.05, 3.63) is 113 Å². The second-order valence-electron chi connectivity index (χ2n) is 11.1. The highest BCUT2D eigenvalue weighted by Gasteiger charge is 2.54. The molecule has 0 amide bonds. The third-order valence-electron chi connectivity index (χ3n) is 8.64. The molecule has 4 aromatic rings. The van der Waals surface area contributed by atoms with Gasteiger partial charge in [-0.3, -0.25) is 0 Å². The molecule has 1 aliphatic carbocycles. The van der Waals surface area contributed by atoms with Gasteiger partial charge in [0, 0.05) is 15.3 Å². The van der Waals surface area contributed by atoms with Crippen LogP contribution in [0.5, 0.6) is 0 Å². The van der Waals surface area contributed by atoms with Crippen molar-refractivity contribution in [3.8, 4) is 17.2 Å². The Kier molecular flexibility index (Phi) is 4.71. The van der Waals surface area contributed by atoms with Crippen LogP contribution in [0, 0.1) is 11.3 Å². The topological polar surface area (TPSA) is 42.2 Å². The third-order valence-corrected chi connectivity index (χ3v) is 9.80. The van der Waals surface area contributed by atoms with Crippen LogP contribution in [0.1, 0.15) is 55.5 Å². The normalized spacial score (nSPS) is 19.1. The van der Waals surface area contributed by atoms with Crippen molar-refractivity contribution in [2.24, 2.45) is 0 Å². The van der Waals surface area contributed by atoms with E-state index in [9.17, 15) is 5.26 Å². The first kappa shape index (κ1) is 22.9. The van der Waals surface area contributed by atoms with Gasteiger partial charge in [0.25, 0.3) is 0 Å². The molecular weight excluding hydrogens is 473 g/mol. The zero-order chi connectivity index (χ0) is 25.6. The summed E-state index contributed by atoms with van der Waals surface area (Å²) in [5.41, 5.74) is 7.15. The second kappa shape index (κ2) is 7.62. The zero-order valence-electron chi connectivity index (χ0n) is 21.3.